The molecule has 0 saturated carbocycles. The van der Waals surface area contributed by atoms with E-state index in [-0.39, 0.29) is 0 Å². The molecule has 1 aromatic rings. The lowest BCUT2D eigenvalue weighted by molar-refractivity contribution is 0.236. The predicted molar refractivity (Wildman–Crippen MR) is 101 cm³/mol. The van der Waals surface area contributed by atoms with Crippen LogP contribution in [0.25, 0.3) is 0 Å². The summed E-state index contributed by atoms with van der Waals surface area (Å²) in [6.45, 7) is 9.05. The molecule has 1 atom stereocenters. The highest BCUT2D eigenvalue weighted by Gasteiger charge is 2.20. The van der Waals surface area contributed by atoms with E-state index in [0.29, 0.717) is 19.2 Å². The summed E-state index contributed by atoms with van der Waals surface area (Å²) in [5.74, 6) is 1.78. The Kier molecular flexibility index (Phi) is 7.89. The minimum Gasteiger partial charge on any atom is -0.494 e. The molecule has 24 heavy (non-hydrogen) atoms. The van der Waals surface area contributed by atoms with Crippen LogP contribution in [0.15, 0.2) is 29.3 Å². The van der Waals surface area contributed by atoms with Gasteiger partial charge in [0, 0.05) is 31.7 Å². The summed E-state index contributed by atoms with van der Waals surface area (Å²) in [5.41, 5.74) is 1.15. The Labute approximate surface area is 146 Å². The fourth-order valence-electron chi connectivity index (χ4n) is 3.20. The van der Waals surface area contributed by atoms with E-state index in [1.807, 2.05) is 32.2 Å². The molecular weight excluding hydrogens is 300 g/mol. The lowest BCUT2D eigenvalue weighted by Gasteiger charge is -2.27. The Morgan fingerprint density at radius 2 is 1.96 bits per heavy atom. The van der Waals surface area contributed by atoms with E-state index in [2.05, 4.69) is 33.5 Å². The van der Waals surface area contributed by atoms with Crippen LogP contribution in [0.2, 0.25) is 0 Å². The van der Waals surface area contributed by atoms with E-state index in [1.54, 1.807) is 0 Å². The molecule has 1 heterocycles. The second-order valence-corrected chi connectivity index (χ2v) is 6.15. The van der Waals surface area contributed by atoms with E-state index in [4.69, 9.17) is 4.74 Å². The second-order valence-electron chi connectivity index (χ2n) is 6.15. The number of nitrogens with zero attached hydrogens (tertiary/aromatic N) is 2. The zero-order valence-electron chi connectivity index (χ0n) is 15.3. The van der Waals surface area contributed by atoms with Crippen LogP contribution >= 0.6 is 0 Å². The Balaban J connectivity index is 1.84. The first-order chi connectivity index (χ1) is 11.8. The topological polar surface area (TPSA) is 48.9 Å². The van der Waals surface area contributed by atoms with Crippen LogP contribution in [0.4, 0.5) is 0 Å². The van der Waals surface area contributed by atoms with Gasteiger partial charge in [-0.05, 0) is 45.3 Å². The fourth-order valence-corrected chi connectivity index (χ4v) is 3.20. The molecule has 1 saturated heterocycles. The molecule has 0 amide bonds. The average molecular weight is 332 g/mol. The summed E-state index contributed by atoms with van der Waals surface area (Å²) in [7, 11) is 1.82. The molecule has 0 bridgehead atoms. The molecule has 1 unspecified atom stereocenters. The third-order valence-corrected chi connectivity index (χ3v) is 4.58. The highest BCUT2D eigenvalue weighted by atomic mass is 16.5. The first-order valence-corrected chi connectivity index (χ1v) is 9.17. The van der Waals surface area contributed by atoms with E-state index in [0.717, 1.165) is 30.2 Å². The van der Waals surface area contributed by atoms with Crippen molar-refractivity contribution in [2.24, 2.45) is 4.99 Å². The molecular formula is C19H32N4O. The molecule has 134 valence electrons. The SMILES string of the molecule is CCOc1ccccc1CNC(=NC)NCC(CC)N1CCCC1. The first-order valence-electron chi connectivity index (χ1n) is 9.17. The minimum absolute atomic E-state index is 0.585. The third kappa shape index (κ3) is 5.41. The van der Waals surface area contributed by atoms with Crippen molar-refractivity contribution in [2.45, 2.75) is 45.7 Å². The van der Waals surface area contributed by atoms with Crippen molar-refractivity contribution in [1.82, 2.24) is 15.5 Å². The van der Waals surface area contributed by atoms with Crippen LogP contribution in [0, 0.1) is 0 Å². The molecule has 0 radical (unpaired) electrons. The molecule has 1 aromatic carbocycles. The van der Waals surface area contributed by atoms with Gasteiger partial charge in [0.05, 0.1) is 6.61 Å². The highest BCUT2D eigenvalue weighted by Crippen LogP contribution is 2.17. The van der Waals surface area contributed by atoms with Crippen molar-refractivity contribution >= 4 is 5.96 Å². The molecule has 5 heteroatoms. The number of ether oxygens (including phenoxy) is 1. The number of aliphatic imine (C=N–C) groups is 1. The molecule has 5 nitrogen and oxygen atoms in total. The zero-order valence-corrected chi connectivity index (χ0v) is 15.3. The Morgan fingerprint density at radius 1 is 1.21 bits per heavy atom. The van der Waals surface area contributed by atoms with Gasteiger partial charge in [0.15, 0.2) is 5.96 Å². The largest absolute Gasteiger partial charge is 0.494 e. The van der Waals surface area contributed by atoms with Crippen LogP contribution in [0.5, 0.6) is 5.75 Å². The predicted octanol–water partition coefficient (Wildman–Crippen LogP) is 2.62. The number of guanidine groups is 1. The molecule has 0 aliphatic carbocycles. The maximum absolute atomic E-state index is 5.68. The molecule has 1 aliphatic heterocycles. The van der Waals surface area contributed by atoms with Gasteiger partial charge in [0.25, 0.3) is 0 Å². The zero-order chi connectivity index (χ0) is 17.2. The first kappa shape index (κ1) is 18.6. The number of likely N-dealkylation sites (tertiary alicyclic amines) is 1. The molecule has 2 rings (SSSR count). The van der Waals surface area contributed by atoms with Gasteiger partial charge in [-0.15, -0.1) is 0 Å². The van der Waals surface area contributed by atoms with E-state index < -0.39 is 0 Å². The van der Waals surface area contributed by atoms with Gasteiger partial charge in [-0.3, -0.25) is 9.89 Å². The van der Waals surface area contributed by atoms with Crippen molar-refractivity contribution in [3.63, 3.8) is 0 Å². The maximum Gasteiger partial charge on any atom is 0.191 e. The monoisotopic (exact) mass is 332 g/mol. The fraction of sp³-hybridized carbons (Fsp3) is 0.632. The van der Waals surface area contributed by atoms with E-state index in [9.17, 15) is 0 Å². The number of benzene rings is 1. The van der Waals surface area contributed by atoms with E-state index >= 15 is 0 Å². The van der Waals surface area contributed by atoms with Crippen molar-refractivity contribution in [3.8, 4) is 5.75 Å². The molecule has 0 aromatic heterocycles. The Morgan fingerprint density at radius 3 is 2.62 bits per heavy atom. The number of nitrogens with one attached hydrogen (secondary N) is 2. The van der Waals surface area contributed by atoms with Crippen molar-refractivity contribution < 1.29 is 4.74 Å². The number of rotatable bonds is 8. The van der Waals surface area contributed by atoms with Gasteiger partial charge in [-0.25, -0.2) is 0 Å². The molecule has 2 N–H and O–H groups in total. The van der Waals surface area contributed by atoms with Crippen molar-refractivity contribution in [3.05, 3.63) is 29.8 Å². The lowest BCUT2D eigenvalue weighted by Crippen LogP contribution is -2.46. The summed E-state index contributed by atoms with van der Waals surface area (Å²) in [6.07, 6.45) is 3.83. The highest BCUT2D eigenvalue weighted by molar-refractivity contribution is 5.79. The second kappa shape index (κ2) is 10.2. The van der Waals surface area contributed by atoms with E-state index in [1.165, 1.54) is 25.9 Å². The van der Waals surface area contributed by atoms with Crippen LogP contribution in [-0.4, -0.2) is 50.2 Å². The van der Waals surface area contributed by atoms with Gasteiger partial charge >= 0.3 is 0 Å². The smallest absolute Gasteiger partial charge is 0.191 e. The van der Waals surface area contributed by atoms with Gasteiger partial charge in [0.2, 0.25) is 0 Å². The van der Waals surface area contributed by atoms with Gasteiger partial charge in [0.1, 0.15) is 5.75 Å². The van der Waals surface area contributed by atoms with Crippen LogP contribution in [-0.2, 0) is 6.54 Å². The van der Waals surface area contributed by atoms with Crippen LogP contribution in [0.3, 0.4) is 0 Å². The Hall–Kier alpha value is -1.75. The number of hydrogen-bond acceptors (Lipinski definition) is 3. The third-order valence-electron chi connectivity index (χ3n) is 4.58. The average Bonchev–Trinajstić information content (AvgIpc) is 3.14. The number of hydrogen-bond donors (Lipinski definition) is 2. The summed E-state index contributed by atoms with van der Waals surface area (Å²) >= 11 is 0. The van der Waals surface area contributed by atoms with Gasteiger partial charge in [-0.1, -0.05) is 25.1 Å². The lowest BCUT2D eigenvalue weighted by atomic mass is 10.2. The van der Waals surface area contributed by atoms with Crippen molar-refractivity contribution in [2.75, 3.05) is 33.3 Å². The Bertz CT molecular complexity index is 512. The van der Waals surface area contributed by atoms with Crippen LogP contribution in [0.1, 0.15) is 38.7 Å². The van der Waals surface area contributed by atoms with Gasteiger partial charge < -0.3 is 15.4 Å². The molecule has 1 aliphatic rings. The van der Waals surface area contributed by atoms with Gasteiger partial charge in [-0.2, -0.15) is 0 Å². The van der Waals surface area contributed by atoms with Crippen molar-refractivity contribution in [1.29, 1.82) is 0 Å². The quantitative estimate of drug-likeness (QED) is 0.567. The summed E-state index contributed by atoms with van der Waals surface area (Å²) < 4.78 is 5.68. The standard InChI is InChI=1S/C19H32N4O/c1-4-17(23-12-8-9-13-23)15-22-19(20-3)21-14-16-10-6-7-11-18(16)24-5-2/h6-7,10-11,17H,4-5,8-9,12-15H2,1-3H3,(H2,20,21,22). The summed E-state index contributed by atoms with van der Waals surface area (Å²) in [4.78, 5) is 6.93. The normalized spacial score (nSPS) is 16.9. The molecule has 1 fully saturated rings. The molecule has 0 spiro atoms. The maximum atomic E-state index is 5.68. The summed E-state index contributed by atoms with van der Waals surface area (Å²) in [5, 5.41) is 6.87. The number of para-hydroxylation sites is 1. The minimum atomic E-state index is 0.585. The summed E-state index contributed by atoms with van der Waals surface area (Å²) in [6, 6.07) is 8.73. The van der Waals surface area contributed by atoms with Crippen LogP contribution < -0.4 is 15.4 Å².